The lowest BCUT2D eigenvalue weighted by Gasteiger charge is -2.10. The first-order valence-corrected chi connectivity index (χ1v) is 6.05. The summed E-state index contributed by atoms with van der Waals surface area (Å²) in [6.07, 6.45) is 0. The molecule has 1 atom stereocenters. The van der Waals surface area contributed by atoms with Gasteiger partial charge in [-0.05, 0) is 18.2 Å². The minimum absolute atomic E-state index is 0.00518. The van der Waals surface area contributed by atoms with E-state index in [0.717, 1.165) is 0 Å². The van der Waals surface area contributed by atoms with Crippen molar-refractivity contribution < 1.29 is 18.7 Å². The van der Waals surface area contributed by atoms with Crippen LogP contribution in [-0.2, 0) is 9.53 Å². The lowest BCUT2D eigenvalue weighted by molar-refractivity contribution is -0.140. The van der Waals surface area contributed by atoms with Crippen LogP contribution >= 0.6 is 31.9 Å². The normalized spacial score (nSPS) is 12.0. The Morgan fingerprint density at radius 3 is 2.81 bits per heavy atom. The molecule has 1 aromatic rings. The summed E-state index contributed by atoms with van der Waals surface area (Å²) in [6, 6.07) is 4.42. The van der Waals surface area contributed by atoms with E-state index in [0.29, 0.717) is 4.47 Å². The summed E-state index contributed by atoms with van der Waals surface area (Å²) in [6.45, 7) is 0.00518. The van der Waals surface area contributed by atoms with Crippen molar-refractivity contribution in [3.63, 3.8) is 0 Å². The summed E-state index contributed by atoms with van der Waals surface area (Å²) < 4.78 is 23.5. The fourth-order valence-corrected chi connectivity index (χ4v) is 1.60. The lowest BCUT2D eigenvalue weighted by atomic mass is 10.3. The highest BCUT2D eigenvalue weighted by Crippen LogP contribution is 2.22. The SMILES string of the molecule is COC(=O)C(Br)COc1ccc(Br)cc1F. The van der Waals surface area contributed by atoms with Gasteiger partial charge in [0.25, 0.3) is 0 Å². The van der Waals surface area contributed by atoms with E-state index >= 15 is 0 Å². The second-order valence-electron chi connectivity index (χ2n) is 2.88. The van der Waals surface area contributed by atoms with Gasteiger partial charge in [0.05, 0.1) is 7.11 Å². The Morgan fingerprint density at radius 1 is 1.56 bits per heavy atom. The third-order valence-corrected chi connectivity index (χ3v) is 2.87. The molecule has 16 heavy (non-hydrogen) atoms. The molecule has 0 saturated carbocycles. The molecule has 1 rings (SSSR count). The Bertz CT molecular complexity index is 384. The zero-order chi connectivity index (χ0) is 12.1. The van der Waals surface area contributed by atoms with Crippen molar-refractivity contribution in [3.05, 3.63) is 28.5 Å². The molecule has 0 aliphatic rings. The predicted octanol–water partition coefficient (Wildman–Crippen LogP) is 2.90. The zero-order valence-electron chi connectivity index (χ0n) is 8.38. The van der Waals surface area contributed by atoms with Gasteiger partial charge in [-0.3, -0.25) is 4.79 Å². The van der Waals surface area contributed by atoms with Gasteiger partial charge >= 0.3 is 5.97 Å². The van der Waals surface area contributed by atoms with Crippen molar-refractivity contribution in [2.24, 2.45) is 0 Å². The molecule has 3 nitrogen and oxygen atoms in total. The van der Waals surface area contributed by atoms with Crippen molar-refractivity contribution >= 4 is 37.8 Å². The van der Waals surface area contributed by atoms with Crippen LogP contribution in [0.4, 0.5) is 4.39 Å². The van der Waals surface area contributed by atoms with Crippen LogP contribution in [0.3, 0.4) is 0 Å². The molecule has 0 spiro atoms. The molecule has 0 bridgehead atoms. The van der Waals surface area contributed by atoms with E-state index in [-0.39, 0.29) is 12.4 Å². The highest BCUT2D eigenvalue weighted by Gasteiger charge is 2.16. The van der Waals surface area contributed by atoms with E-state index < -0.39 is 16.6 Å². The minimum atomic E-state index is -0.611. The molecule has 0 heterocycles. The van der Waals surface area contributed by atoms with Gasteiger partial charge in [-0.1, -0.05) is 31.9 Å². The van der Waals surface area contributed by atoms with Gasteiger partial charge in [0, 0.05) is 4.47 Å². The molecular weight excluding hydrogens is 347 g/mol. The first kappa shape index (κ1) is 13.4. The molecule has 0 fully saturated rings. The largest absolute Gasteiger partial charge is 0.489 e. The third-order valence-electron chi connectivity index (χ3n) is 1.74. The maximum Gasteiger partial charge on any atom is 0.322 e. The number of esters is 1. The Balaban J connectivity index is 2.58. The number of hydrogen-bond acceptors (Lipinski definition) is 3. The summed E-state index contributed by atoms with van der Waals surface area (Å²) in [5.41, 5.74) is 0. The van der Waals surface area contributed by atoms with Gasteiger partial charge in [-0.15, -0.1) is 0 Å². The summed E-state index contributed by atoms with van der Waals surface area (Å²) in [5, 5.41) is 0. The molecule has 1 unspecified atom stereocenters. The molecule has 0 amide bonds. The van der Waals surface area contributed by atoms with Gasteiger partial charge < -0.3 is 9.47 Å². The molecule has 1 aromatic carbocycles. The number of ether oxygens (including phenoxy) is 2. The second-order valence-corrected chi connectivity index (χ2v) is 4.90. The molecule has 0 N–H and O–H groups in total. The van der Waals surface area contributed by atoms with Gasteiger partial charge in [0.1, 0.15) is 11.4 Å². The van der Waals surface area contributed by atoms with Crippen LogP contribution in [0.2, 0.25) is 0 Å². The van der Waals surface area contributed by atoms with Crippen LogP contribution in [0.5, 0.6) is 5.75 Å². The fourth-order valence-electron chi connectivity index (χ4n) is 0.951. The average molecular weight is 356 g/mol. The fraction of sp³-hybridized carbons (Fsp3) is 0.300. The number of methoxy groups -OCH3 is 1. The van der Waals surface area contributed by atoms with E-state index in [4.69, 9.17) is 4.74 Å². The molecule has 0 saturated heterocycles. The third kappa shape index (κ3) is 3.75. The molecular formula is C10H9Br2FO3. The number of halogens is 3. The van der Waals surface area contributed by atoms with Crippen molar-refractivity contribution in [2.75, 3.05) is 13.7 Å². The average Bonchev–Trinajstić information content (AvgIpc) is 2.26. The summed E-state index contributed by atoms with van der Waals surface area (Å²) in [4.78, 5) is 10.4. The molecule has 0 aliphatic carbocycles. The van der Waals surface area contributed by atoms with Crippen LogP contribution < -0.4 is 4.74 Å². The van der Waals surface area contributed by atoms with Gasteiger partial charge in [-0.2, -0.15) is 0 Å². The number of carbonyl (C=O) groups is 1. The van der Waals surface area contributed by atoms with Gasteiger partial charge in [0.2, 0.25) is 0 Å². The molecule has 0 radical (unpaired) electrons. The van der Waals surface area contributed by atoms with Crippen LogP contribution in [-0.4, -0.2) is 24.5 Å². The molecule has 0 aromatic heterocycles. The van der Waals surface area contributed by atoms with Crippen molar-refractivity contribution in [1.82, 2.24) is 0 Å². The number of hydrogen-bond donors (Lipinski definition) is 0. The number of carbonyl (C=O) groups excluding carboxylic acids is 1. The van der Waals surface area contributed by atoms with Crippen molar-refractivity contribution in [3.8, 4) is 5.75 Å². The second kappa shape index (κ2) is 6.20. The zero-order valence-corrected chi connectivity index (χ0v) is 11.5. The number of benzene rings is 1. The minimum Gasteiger partial charge on any atom is -0.489 e. The monoisotopic (exact) mass is 354 g/mol. The van der Waals surface area contributed by atoms with Crippen LogP contribution in [0.1, 0.15) is 0 Å². The van der Waals surface area contributed by atoms with Crippen LogP contribution in [0.15, 0.2) is 22.7 Å². The summed E-state index contributed by atoms with van der Waals surface area (Å²) in [7, 11) is 1.27. The van der Waals surface area contributed by atoms with Gasteiger partial charge in [0.15, 0.2) is 11.6 Å². The lowest BCUT2D eigenvalue weighted by Crippen LogP contribution is -2.23. The first-order chi connectivity index (χ1) is 7.54. The maximum atomic E-state index is 13.3. The number of alkyl halides is 1. The molecule has 0 aliphatic heterocycles. The Labute approximate surface area is 109 Å². The maximum absolute atomic E-state index is 13.3. The van der Waals surface area contributed by atoms with Crippen molar-refractivity contribution in [2.45, 2.75) is 4.83 Å². The highest BCUT2D eigenvalue weighted by atomic mass is 79.9. The van der Waals surface area contributed by atoms with Crippen LogP contribution in [0.25, 0.3) is 0 Å². The van der Waals surface area contributed by atoms with E-state index in [9.17, 15) is 9.18 Å². The van der Waals surface area contributed by atoms with E-state index in [2.05, 4.69) is 36.6 Å². The van der Waals surface area contributed by atoms with Crippen LogP contribution in [0, 0.1) is 5.82 Å². The van der Waals surface area contributed by atoms with E-state index in [1.54, 1.807) is 6.07 Å². The smallest absolute Gasteiger partial charge is 0.322 e. The Morgan fingerprint density at radius 2 is 2.25 bits per heavy atom. The van der Waals surface area contributed by atoms with E-state index in [1.807, 2.05) is 0 Å². The quantitative estimate of drug-likeness (QED) is 0.615. The van der Waals surface area contributed by atoms with Gasteiger partial charge in [-0.25, -0.2) is 4.39 Å². The molecule has 6 heteroatoms. The summed E-state index contributed by atoms with van der Waals surface area (Å²) >= 11 is 6.20. The highest BCUT2D eigenvalue weighted by molar-refractivity contribution is 9.10. The Hall–Kier alpha value is -0.620. The Kier molecular flexibility index (Phi) is 5.21. The van der Waals surface area contributed by atoms with Crippen molar-refractivity contribution in [1.29, 1.82) is 0 Å². The topological polar surface area (TPSA) is 35.5 Å². The predicted molar refractivity (Wildman–Crippen MR) is 64.3 cm³/mol. The first-order valence-electron chi connectivity index (χ1n) is 4.34. The molecule has 88 valence electrons. The van der Waals surface area contributed by atoms with E-state index in [1.165, 1.54) is 19.2 Å². The number of rotatable bonds is 4. The standard InChI is InChI=1S/C10H9Br2FO3/c1-15-10(14)7(12)5-16-9-3-2-6(11)4-8(9)13/h2-4,7H,5H2,1H3. The summed E-state index contributed by atoms with van der Waals surface area (Å²) in [5.74, 6) is -0.854.